The van der Waals surface area contributed by atoms with Gasteiger partial charge in [-0.25, -0.2) is 4.68 Å². The molecular weight excluding hydrogens is 485 g/mol. The predicted octanol–water partition coefficient (Wildman–Crippen LogP) is 4.20. The van der Waals surface area contributed by atoms with E-state index in [1.807, 2.05) is 14.0 Å². The van der Waals surface area contributed by atoms with E-state index in [0.717, 1.165) is 36.2 Å². The summed E-state index contributed by atoms with van der Waals surface area (Å²) in [6.07, 6.45) is 2.27. The molecule has 0 spiro atoms. The van der Waals surface area contributed by atoms with Crippen LogP contribution in [0.4, 0.5) is 18.9 Å². The monoisotopic (exact) mass is 510 g/mol. The van der Waals surface area contributed by atoms with Gasteiger partial charge in [0.1, 0.15) is 5.69 Å². The number of nitrogens with one attached hydrogen (secondary N) is 2. The number of carbonyl (C=O) groups excluding carboxylic acids is 1. The first-order valence-corrected chi connectivity index (χ1v) is 11.7. The number of hydrogen-bond acceptors (Lipinski definition) is 6. The van der Waals surface area contributed by atoms with Crippen molar-refractivity contribution in [3.8, 4) is 16.9 Å². The molecule has 12 heteroatoms. The van der Waals surface area contributed by atoms with E-state index < -0.39 is 17.6 Å². The Morgan fingerprint density at radius 2 is 1.92 bits per heavy atom. The van der Waals surface area contributed by atoms with Gasteiger partial charge in [-0.05, 0) is 56.5 Å². The fourth-order valence-corrected chi connectivity index (χ4v) is 3.92. The highest BCUT2D eigenvalue weighted by molar-refractivity contribution is 6.04. The molecule has 1 amide bonds. The Balaban J connectivity index is 1.40. The fourth-order valence-electron chi connectivity index (χ4n) is 3.92. The Bertz CT molecular complexity index is 1470. The van der Waals surface area contributed by atoms with Crippen LogP contribution >= 0.6 is 0 Å². The van der Waals surface area contributed by atoms with Crippen LogP contribution in [0.3, 0.4) is 0 Å². The van der Waals surface area contributed by atoms with Crippen LogP contribution in [0.15, 0.2) is 42.9 Å². The number of anilines is 1. The average Bonchev–Trinajstić information content (AvgIpc) is 3.46. The standard InChI is InChI=1S/C25H25F3N8O/c1-14-23(36-13-22(33-34-36)21-12-31-35(3)15(21)2)8-17(11-29-14)24(37)32-20-7-16(10-30-19-4-5-19)6-18(9-20)25(26,27)28/h6-9,11-13,19,30H,4-5,10H2,1-3H3,(H,32,37). The van der Waals surface area contributed by atoms with Crippen LogP contribution in [-0.4, -0.2) is 41.7 Å². The van der Waals surface area contributed by atoms with Crippen LogP contribution in [0.1, 0.15) is 45.7 Å². The zero-order valence-corrected chi connectivity index (χ0v) is 20.5. The van der Waals surface area contributed by atoms with Crippen molar-refractivity contribution in [2.75, 3.05) is 5.32 Å². The van der Waals surface area contributed by atoms with Crippen molar-refractivity contribution in [1.82, 2.24) is 35.1 Å². The van der Waals surface area contributed by atoms with E-state index in [0.29, 0.717) is 35.2 Å². The fraction of sp³-hybridized carbons (Fsp3) is 0.320. The predicted molar refractivity (Wildman–Crippen MR) is 130 cm³/mol. The molecular formula is C25H25F3N8O. The van der Waals surface area contributed by atoms with Gasteiger partial charge in [0.25, 0.3) is 5.91 Å². The number of nitrogens with zero attached hydrogens (tertiary/aromatic N) is 6. The van der Waals surface area contributed by atoms with Crippen molar-refractivity contribution >= 4 is 11.6 Å². The van der Waals surface area contributed by atoms with Crippen molar-refractivity contribution in [2.45, 2.75) is 45.5 Å². The molecule has 3 heterocycles. The van der Waals surface area contributed by atoms with Crippen molar-refractivity contribution in [1.29, 1.82) is 0 Å². The summed E-state index contributed by atoms with van der Waals surface area (Å²) in [6, 6.07) is 5.49. The lowest BCUT2D eigenvalue weighted by atomic mass is 10.1. The Kier molecular flexibility index (Phi) is 6.28. The molecule has 0 bridgehead atoms. The van der Waals surface area contributed by atoms with Crippen molar-refractivity contribution in [2.24, 2.45) is 7.05 Å². The molecule has 0 atom stereocenters. The maximum atomic E-state index is 13.5. The highest BCUT2D eigenvalue weighted by Gasteiger charge is 2.31. The average molecular weight is 511 g/mol. The lowest BCUT2D eigenvalue weighted by molar-refractivity contribution is -0.137. The minimum atomic E-state index is -4.54. The first-order chi connectivity index (χ1) is 17.6. The summed E-state index contributed by atoms with van der Waals surface area (Å²) in [6.45, 7) is 3.97. The van der Waals surface area contributed by atoms with E-state index >= 15 is 0 Å². The molecule has 2 N–H and O–H groups in total. The molecule has 4 aromatic rings. The maximum absolute atomic E-state index is 13.5. The summed E-state index contributed by atoms with van der Waals surface area (Å²) < 4.78 is 43.7. The van der Waals surface area contributed by atoms with E-state index in [1.54, 1.807) is 36.1 Å². The quantitative estimate of drug-likeness (QED) is 0.386. The molecule has 1 aliphatic carbocycles. The first-order valence-electron chi connectivity index (χ1n) is 11.7. The molecule has 1 saturated carbocycles. The minimum absolute atomic E-state index is 0.0599. The number of aromatic nitrogens is 6. The molecule has 0 aliphatic heterocycles. The molecule has 3 aromatic heterocycles. The SMILES string of the molecule is Cc1ncc(C(=O)Nc2cc(CNC3CC3)cc(C(F)(F)F)c2)cc1-n1cc(-c2cnn(C)c2C)nn1. The molecule has 37 heavy (non-hydrogen) atoms. The van der Waals surface area contributed by atoms with Crippen molar-refractivity contribution in [3.63, 3.8) is 0 Å². The van der Waals surface area contributed by atoms with Gasteiger partial charge >= 0.3 is 6.18 Å². The van der Waals surface area contributed by atoms with E-state index in [2.05, 4.69) is 31.0 Å². The number of aryl methyl sites for hydroxylation is 2. The number of pyridine rings is 1. The van der Waals surface area contributed by atoms with Gasteiger partial charge in [-0.15, -0.1) is 5.10 Å². The topological polar surface area (TPSA) is 103 Å². The number of carbonyl (C=O) groups is 1. The van der Waals surface area contributed by atoms with Gasteiger partial charge in [0.05, 0.1) is 34.9 Å². The Morgan fingerprint density at radius 3 is 2.59 bits per heavy atom. The Hall–Kier alpha value is -4.06. The summed E-state index contributed by atoms with van der Waals surface area (Å²) in [4.78, 5) is 17.3. The number of rotatable bonds is 7. The molecule has 1 aliphatic rings. The molecule has 0 saturated heterocycles. The molecule has 192 valence electrons. The Labute approximate surface area is 210 Å². The summed E-state index contributed by atoms with van der Waals surface area (Å²) in [5, 5.41) is 18.4. The van der Waals surface area contributed by atoms with Crippen LogP contribution in [-0.2, 0) is 19.8 Å². The molecule has 1 aromatic carbocycles. The third kappa shape index (κ3) is 5.38. The van der Waals surface area contributed by atoms with Gasteiger partial charge in [-0.2, -0.15) is 18.3 Å². The highest BCUT2D eigenvalue weighted by Crippen LogP contribution is 2.32. The molecule has 9 nitrogen and oxygen atoms in total. The summed E-state index contributed by atoms with van der Waals surface area (Å²) in [7, 11) is 1.83. The third-order valence-corrected chi connectivity index (χ3v) is 6.32. The Morgan fingerprint density at radius 1 is 1.14 bits per heavy atom. The van der Waals surface area contributed by atoms with Crippen molar-refractivity contribution in [3.05, 3.63) is 70.9 Å². The second-order valence-corrected chi connectivity index (χ2v) is 9.17. The minimum Gasteiger partial charge on any atom is -0.322 e. The first kappa shape index (κ1) is 24.6. The normalized spacial score (nSPS) is 13.7. The zero-order valence-electron chi connectivity index (χ0n) is 20.5. The van der Waals surface area contributed by atoms with Crippen LogP contribution < -0.4 is 10.6 Å². The van der Waals surface area contributed by atoms with Gasteiger partial charge in [0.15, 0.2) is 0 Å². The van der Waals surface area contributed by atoms with Gasteiger partial charge in [-0.3, -0.25) is 14.5 Å². The second kappa shape index (κ2) is 9.43. The van der Waals surface area contributed by atoms with E-state index in [1.165, 1.54) is 10.9 Å². The van der Waals surface area contributed by atoms with Gasteiger partial charge in [-0.1, -0.05) is 5.21 Å². The van der Waals surface area contributed by atoms with Gasteiger partial charge in [0.2, 0.25) is 0 Å². The zero-order chi connectivity index (χ0) is 26.3. The smallest absolute Gasteiger partial charge is 0.322 e. The van der Waals surface area contributed by atoms with Gasteiger partial charge in [0, 0.05) is 42.8 Å². The maximum Gasteiger partial charge on any atom is 0.416 e. The number of hydrogen-bond donors (Lipinski definition) is 2. The molecule has 0 unspecified atom stereocenters. The lowest BCUT2D eigenvalue weighted by Gasteiger charge is -2.14. The second-order valence-electron chi connectivity index (χ2n) is 9.17. The van der Waals surface area contributed by atoms with Crippen LogP contribution in [0.2, 0.25) is 0 Å². The summed E-state index contributed by atoms with van der Waals surface area (Å²) in [5.41, 5.74) is 3.33. The molecule has 1 fully saturated rings. The van der Waals surface area contributed by atoms with Crippen molar-refractivity contribution < 1.29 is 18.0 Å². The van der Waals surface area contributed by atoms with E-state index in [4.69, 9.17) is 0 Å². The molecule has 0 radical (unpaired) electrons. The third-order valence-electron chi connectivity index (χ3n) is 6.32. The summed E-state index contributed by atoms with van der Waals surface area (Å²) >= 11 is 0. The summed E-state index contributed by atoms with van der Waals surface area (Å²) in [5.74, 6) is -0.586. The largest absolute Gasteiger partial charge is 0.416 e. The van der Waals surface area contributed by atoms with Crippen LogP contribution in [0.25, 0.3) is 16.9 Å². The van der Waals surface area contributed by atoms with E-state index in [9.17, 15) is 18.0 Å². The number of amides is 1. The molecule has 5 rings (SSSR count). The van der Waals surface area contributed by atoms with Crippen LogP contribution in [0.5, 0.6) is 0 Å². The van der Waals surface area contributed by atoms with E-state index in [-0.39, 0.29) is 11.3 Å². The van der Waals surface area contributed by atoms with Crippen LogP contribution in [0, 0.1) is 13.8 Å². The lowest BCUT2D eigenvalue weighted by Crippen LogP contribution is -2.18. The highest BCUT2D eigenvalue weighted by atomic mass is 19.4. The number of halogens is 3. The number of alkyl halides is 3. The number of benzene rings is 1. The van der Waals surface area contributed by atoms with Gasteiger partial charge < -0.3 is 10.6 Å².